The van der Waals surface area contributed by atoms with Crippen molar-refractivity contribution in [2.24, 2.45) is 4.99 Å². The Morgan fingerprint density at radius 1 is 1.37 bits per heavy atom. The number of thioether (sulfide) groups is 1. The summed E-state index contributed by atoms with van der Waals surface area (Å²) >= 11 is 2.90. The number of thiophene rings is 1. The second-order valence-electron chi connectivity index (χ2n) is 6.65. The van der Waals surface area contributed by atoms with Gasteiger partial charge in [-0.3, -0.25) is 14.8 Å². The van der Waals surface area contributed by atoms with Crippen LogP contribution in [-0.2, 0) is 11.3 Å². The summed E-state index contributed by atoms with van der Waals surface area (Å²) in [5.74, 6) is 0.189. The molecule has 9 heteroatoms. The fraction of sp³-hybridized carbons (Fsp3) is 0.190. The van der Waals surface area contributed by atoms with E-state index in [0.717, 1.165) is 4.88 Å². The number of pyridine rings is 2. The van der Waals surface area contributed by atoms with Crippen molar-refractivity contribution in [2.45, 2.75) is 26.5 Å². The number of ether oxygens (including phenoxy) is 1. The molecule has 0 radical (unpaired) electrons. The number of amides is 1. The number of fused-ring (bicyclic) bond motifs is 1. The van der Waals surface area contributed by atoms with Crippen molar-refractivity contribution < 1.29 is 9.53 Å². The molecule has 3 aromatic heterocycles. The number of nitrogens with zero attached hydrogens (tertiary/aromatic N) is 4. The van der Waals surface area contributed by atoms with E-state index in [1.165, 1.54) is 18.0 Å². The molecule has 1 saturated heterocycles. The van der Waals surface area contributed by atoms with Crippen LogP contribution in [0.15, 0.2) is 45.7 Å². The van der Waals surface area contributed by atoms with Crippen LogP contribution in [0.2, 0.25) is 0 Å². The lowest BCUT2D eigenvalue weighted by Crippen LogP contribution is -2.19. The highest BCUT2D eigenvalue weighted by Crippen LogP contribution is 2.30. The maximum Gasteiger partial charge on any atom is 0.264 e. The Kier molecular flexibility index (Phi) is 5.79. The molecule has 4 rings (SSSR count). The smallest absolute Gasteiger partial charge is 0.264 e. The van der Waals surface area contributed by atoms with Crippen LogP contribution in [0.1, 0.15) is 30.0 Å². The molecule has 4 heterocycles. The number of amidine groups is 1. The predicted octanol–water partition coefficient (Wildman–Crippen LogP) is 4.11. The molecule has 0 unspecified atom stereocenters. The van der Waals surface area contributed by atoms with Gasteiger partial charge in [0.2, 0.25) is 0 Å². The van der Waals surface area contributed by atoms with E-state index in [4.69, 9.17) is 4.74 Å². The second kappa shape index (κ2) is 8.65. The molecular formula is C21H17N5O2S2. The van der Waals surface area contributed by atoms with Crippen LogP contribution < -0.4 is 10.1 Å². The number of nitriles is 1. The van der Waals surface area contributed by atoms with Crippen molar-refractivity contribution in [2.75, 3.05) is 0 Å². The van der Waals surface area contributed by atoms with Gasteiger partial charge in [-0.25, -0.2) is 4.98 Å². The number of hydrogen-bond donors (Lipinski definition) is 1. The summed E-state index contributed by atoms with van der Waals surface area (Å²) in [6.07, 6.45) is 3.06. The third kappa shape index (κ3) is 4.35. The molecule has 0 bridgehead atoms. The van der Waals surface area contributed by atoms with Crippen LogP contribution in [0.3, 0.4) is 0 Å². The molecule has 30 heavy (non-hydrogen) atoms. The lowest BCUT2D eigenvalue weighted by molar-refractivity contribution is -0.115. The molecule has 0 aromatic carbocycles. The Labute approximate surface area is 181 Å². The molecule has 150 valence electrons. The topological polar surface area (TPSA) is 100 Å². The molecule has 1 aliphatic heterocycles. The van der Waals surface area contributed by atoms with Gasteiger partial charge in [-0.1, -0.05) is 6.07 Å². The van der Waals surface area contributed by atoms with Gasteiger partial charge in [-0.05, 0) is 55.3 Å². The summed E-state index contributed by atoms with van der Waals surface area (Å²) in [7, 11) is 0. The van der Waals surface area contributed by atoms with Crippen molar-refractivity contribution in [3.63, 3.8) is 0 Å². The van der Waals surface area contributed by atoms with Crippen molar-refractivity contribution in [1.82, 2.24) is 15.3 Å². The molecule has 3 aromatic rings. The summed E-state index contributed by atoms with van der Waals surface area (Å²) in [5.41, 5.74) is 2.01. The Bertz CT molecular complexity index is 1210. The summed E-state index contributed by atoms with van der Waals surface area (Å²) in [6, 6.07) is 9.66. The van der Waals surface area contributed by atoms with Crippen molar-refractivity contribution >= 4 is 51.3 Å². The van der Waals surface area contributed by atoms with Gasteiger partial charge in [0.1, 0.15) is 17.1 Å². The van der Waals surface area contributed by atoms with Crippen LogP contribution in [0.4, 0.5) is 0 Å². The van der Waals surface area contributed by atoms with E-state index in [1.54, 1.807) is 29.5 Å². The van der Waals surface area contributed by atoms with Gasteiger partial charge in [0.25, 0.3) is 5.91 Å². The summed E-state index contributed by atoms with van der Waals surface area (Å²) in [4.78, 5) is 27.3. The first-order valence-corrected chi connectivity index (χ1v) is 10.9. The quantitative estimate of drug-likeness (QED) is 0.606. The van der Waals surface area contributed by atoms with Gasteiger partial charge in [0, 0.05) is 11.1 Å². The van der Waals surface area contributed by atoms with Crippen LogP contribution in [0.25, 0.3) is 17.1 Å². The van der Waals surface area contributed by atoms with Crippen molar-refractivity contribution in [1.29, 1.82) is 5.26 Å². The van der Waals surface area contributed by atoms with E-state index in [-0.39, 0.29) is 12.0 Å². The zero-order valence-corrected chi connectivity index (χ0v) is 17.9. The Morgan fingerprint density at radius 3 is 2.97 bits per heavy atom. The summed E-state index contributed by atoms with van der Waals surface area (Å²) in [6.45, 7) is 4.30. The maximum absolute atomic E-state index is 12.3. The SMILES string of the molecule is CC(C)Oc1c(C#N)cnc2ccc(/C=C3/SC(=NCc4cccs4)NC3=O)nc12. The number of rotatable bonds is 5. The minimum atomic E-state index is -0.214. The third-order valence-electron chi connectivity index (χ3n) is 4.05. The lowest BCUT2D eigenvalue weighted by Gasteiger charge is -2.13. The second-order valence-corrected chi connectivity index (χ2v) is 8.71. The van der Waals surface area contributed by atoms with Crippen molar-refractivity contribution in [3.8, 4) is 11.8 Å². The third-order valence-corrected chi connectivity index (χ3v) is 5.86. The lowest BCUT2D eigenvalue weighted by atomic mass is 10.2. The van der Waals surface area contributed by atoms with Crippen LogP contribution >= 0.6 is 23.1 Å². The molecular weight excluding hydrogens is 418 g/mol. The first-order chi connectivity index (χ1) is 14.5. The minimum Gasteiger partial charge on any atom is -0.487 e. The molecule has 0 saturated carbocycles. The molecule has 0 aliphatic carbocycles. The average molecular weight is 436 g/mol. The molecule has 1 amide bonds. The Morgan fingerprint density at radius 2 is 2.23 bits per heavy atom. The normalized spacial score (nSPS) is 16.4. The number of aliphatic imine (C=N–C) groups is 1. The van der Waals surface area contributed by atoms with Gasteiger partial charge in [-0.2, -0.15) is 5.26 Å². The minimum absolute atomic E-state index is 0.121. The fourth-order valence-corrected chi connectivity index (χ4v) is 4.19. The zero-order valence-electron chi connectivity index (χ0n) is 16.2. The van der Waals surface area contributed by atoms with Crippen LogP contribution in [0, 0.1) is 11.3 Å². The highest BCUT2D eigenvalue weighted by Gasteiger charge is 2.24. The summed E-state index contributed by atoms with van der Waals surface area (Å²) < 4.78 is 5.83. The fourth-order valence-electron chi connectivity index (χ4n) is 2.76. The Hall–Kier alpha value is -3.22. The first-order valence-electron chi connectivity index (χ1n) is 9.17. The Balaban J connectivity index is 1.64. The monoisotopic (exact) mass is 435 g/mol. The van der Waals surface area contributed by atoms with E-state index < -0.39 is 0 Å². The number of aromatic nitrogens is 2. The van der Waals surface area contributed by atoms with Gasteiger partial charge >= 0.3 is 0 Å². The molecule has 1 aliphatic rings. The van der Waals surface area contributed by atoms with E-state index in [2.05, 4.69) is 26.3 Å². The summed E-state index contributed by atoms with van der Waals surface area (Å²) in [5, 5.41) is 14.7. The number of hydrogen-bond acceptors (Lipinski definition) is 8. The van der Waals surface area contributed by atoms with E-state index in [9.17, 15) is 10.1 Å². The van der Waals surface area contributed by atoms with Crippen LogP contribution in [-0.4, -0.2) is 27.1 Å². The molecule has 1 fully saturated rings. The maximum atomic E-state index is 12.3. The van der Waals surface area contributed by atoms with E-state index >= 15 is 0 Å². The number of carbonyl (C=O) groups excluding carboxylic acids is 1. The van der Waals surface area contributed by atoms with Gasteiger partial charge < -0.3 is 10.1 Å². The van der Waals surface area contributed by atoms with Crippen molar-refractivity contribution in [3.05, 3.63) is 56.9 Å². The first kappa shape index (κ1) is 20.1. The molecule has 7 nitrogen and oxygen atoms in total. The standard InChI is InChI=1S/C21H17N5O2S2/c1-12(2)28-19-13(9-22)10-23-16-6-5-14(25-18(16)19)8-17-20(27)26-21(30-17)24-11-15-4-3-7-29-15/h3-8,10,12H,11H2,1-2H3,(H,24,26,27)/b17-8+. The van der Waals surface area contributed by atoms with Gasteiger partial charge in [0.05, 0.1) is 28.8 Å². The van der Waals surface area contributed by atoms with Gasteiger partial charge in [0.15, 0.2) is 10.9 Å². The molecule has 0 spiro atoms. The highest BCUT2D eigenvalue weighted by molar-refractivity contribution is 8.18. The predicted molar refractivity (Wildman–Crippen MR) is 119 cm³/mol. The highest BCUT2D eigenvalue weighted by atomic mass is 32.2. The van der Waals surface area contributed by atoms with E-state index in [1.807, 2.05) is 31.4 Å². The number of carbonyl (C=O) groups is 1. The number of nitrogens with one attached hydrogen (secondary N) is 1. The van der Waals surface area contributed by atoms with E-state index in [0.29, 0.717) is 44.7 Å². The molecule has 1 N–H and O–H groups in total. The van der Waals surface area contributed by atoms with Gasteiger partial charge in [-0.15, -0.1) is 11.3 Å². The molecule has 0 atom stereocenters. The average Bonchev–Trinajstić information content (AvgIpc) is 3.36. The largest absolute Gasteiger partial charge is 0.487 e. The van der Waals surface area contributed by atoms with Crippen LogP contribution in [0.5, 0.6) is 5.75 Å². The zero-order chi connectivity index (χ0) is 21.1.